The lowest BCUT2D eigenvalue weighted by atomic mass is 9.98. The minimum atomic E-state index is -0.739. The fourth-order valence-electron chi connectivity index (χ4n) is 2.55. The standard InChI is InChI=1S/C16H32N4O3/c1-5-16(22,6-2)12-18-14(17-7-3)19-13-8-10-20(11-9-13)15(21)23-4/h13,22H,5-12H2,1-4H3,(H2,17,18,19). The van der Waals surface area contributed by atoms with Crippen molar-refractivity contribution in [3.8, 4) is 0 Å². The summed E-state index contributed by atoms with van der Waals surface area (Å²) in [5.41, 5.74) is -0.739. The van der Waals surface area contributed by atoms with Gasteiger partial charge in [0.2, 0.25) is 0 Å². The summed E-state index contributed by atoms with van der Waals surface area (Å²) in [7, 11) is 1.41. The number of carbonyl (C=O) groups excluding carboxylic acids is 1. The molecule has 134 valence electrons. The maximum atomic E-state index is 11.5. The minimum Gasteiger partial charge on any atom is -0.453 e. The van der Waals surface area contributed by atoms with Crippen molar-refractivity contribution in [2.24, 2.45) is 4.99 Å². The van der Waals surface area contributed by atoms with Crippen LogP contribution >= 0.6 is 0 Å². The summed E-state index contributed by atoms with van der Waals surface area (Å²) >= 11 is 0. The van der Waals surface area contributed by atoms with Gasteiger partial charge in [0.25, 0.3) is 0 Å². The fourth-order valence-corrected chi connectivity index (χ4v) is 2.55. The number of hydrogen-bond donors (Lipinski definition) is 3. The second kappa shape index (κ2) is 9.60. The molecule has 0 unspecified atom stereocenters. The highest BCUT2D eigenvalue weighted by Crippen LogP contribution is 2.15. The van der Waals surface area contributed by atoms with E-state index >= 15 is 0 Å². The van der Waals surface area contributed by atoms with Crippen LogP contribution in [0.4, 0.5) is 4.79 Å². The number of likely N-dealkylation sites (tertiary alicyclic amines) is 1. The third-order valence-corrected chi connectivity index (χ3v) is 4.46. The molecule has 1 fully saturated rings. The Balaban J connectivity index is 2.55. The number of nitrogens with zero attached hydrogens (tertiary/aromatic N) is 2. The van der Waals surface area contributed by atoms with Gasteiger partial charge in [-0.05, 0) is 32.6 Å². The van der Waals surface area contributed by atoms with E-state index in [0.717, 1.165) is 25.3 Å². The molecule has 3 N–H and O–H groups in total. The molecule has 1 aliphatic rings. The topological polar surface area (TPSA) is 86.2 Å². The molecule has 0 bridgehead atoms. The number of rotatable bonds is 6. The van der Waals surface area contributed by atoms with Gasteiger partial charge >= 0.3 is 6.09 Å². The Morgan fingerprint density at radius 2 is 1.91 bits per heavy atom. The van der Waals surface area contributed by atoms with E-state index in [1.807, 2.05) is 20.8 Å². The first-order valence-corrected chi connectivity index (χ1v) is 8.58. The number of ether oxygens (including phenoxy) is 1. The van der Waals surface area contributed by atoms with Crippen LogP contribution in [0.5, 0.6) is 0 Å². The Labute approximate surface area is 139 Å². The molecule has 0 spiro atoms. The molecule has 7 heteroatoms. The molecule has 0 aromatic rings. The van der Waals surface area contributed by atoms with Gasteiger partial charge in [-0.2, -0.15) is 0 Å². The van der Waals surface area contributed by atoms with Crippen LogP contribution < -0.4 is 10.6 Å². The maximum Gasteiger partial charge on any atom is 0.409 e. The smallest absolute Gasteiger partial charge is 0.409 e. The molecular formula is C16H32N4O3. The van der Waals surface area contributed by atoms with Crippen molar-refractivity contribution in [1.29, 1.82) is 0 Å². The maximum absolute atomic E-state index is 11.5. The number of amides is 1. The van der Waals surface area contributed by atoms with Crippen molar-refractivity contribution in [3.05, 3.63) is 0 Å². The zero-order valence-corrected chi connectivity index (χ0v) is 14.9. The zero-order valence-electron chi connectivity index (χ0n) is 14.9. The largest absolute Gasteiger partial charge is 0.453 e. The average molecular weight is 328 g/mol. The molecule has 0 atom stereocenters. The molecule has 0 aromatic heterocycles. The quantitative estimate of drug-likeness (QED) is 0.506. The molecule has 0 aliphatic carbocycles. The van der Waals surface area contributed by atoms with E-state index in [9.17, 15) is 9.90 Å². The summed E-state index contributed by atoms with van der Waals surface area (Å²) in [6, 6.07) is 0.269. The number of aliphatic imine (C=N–C) groups is 1. The van der Waals surface area contributed by atoms with Crippen LogP contribution in [0, 0.1) is 0 Å². The lowest BCUT2D eigenvalue weighted by Gasteiger charge is -2.32. The lowest BCUT2D eigenvalue weighted by molar-refractivity contribution is 0.0417. The summed E-state index contributed by atoms with van der Waals surface area (Å²) in [4.78, 5) is 17.7. The summed E-state index contributed by atoms with van der Waals surface area (Å²) in [5.74, 6) is 0.726. The van der Waals surface area contributed by atoms with Crippen molar-refractivity contribution in [3.63, 3.8) is 0 Å². The van der Waals surface area contributed by atoms with E-state index in [2.05, 4.69) is 15.6 Å². The van der Waals surface area contributed by atoms with Crippen molar-refractivity contribution < 1.29 is 14.6 Å². The van der Waals surface area contributed by atoms with E-state index in [-0.39, 0.29) is 12.1 Å². The first kappa shape index (κ1) is 19.5. The summed E-state index contributed by atoms with van der Waals surface area (Å²) in [5, 5.41) is 17.0. The Hall–Kier alpha value is -1.50. The van der Waals surface area contributed by atoms with Gasteiger partial charge in [-0.1, -0.05) is 13.8 Å². The van der Waals surface area contributed by atoms with E-state index in [1.165, 1.54) is 7.11 Å². The van der Waals surface area contributed by atoms with Crippen LogP contribution in [0.25, 0.3) is 0 Å². The Bertz CT molecular complexity index is 389. The highest BCUT2D eigenvalue weighted by Gasteiger charge is 2.25. The number of aliphatic hydroxyl groups is 1. The number of hydrogen-bond acceptors (Lipinski definition) is 4. The number of piperidine rings is 1. The first-order chi connectivity index (χ1) is 11.0. The number of methoxy groups -OCH3 is 1. The molecule has 1 rings (SSSR count). The van der Waals surface area contributed by atoms with Crippen molar-refractivity contribution in [2.45, 2.75) is 58.1 Å². The van der Waals surface area contributed by atoms with Crippen LogP contribution in [-0.2, 0) is 4.74 Å². The van der Waals surface area contributed by atoms with Crippen molar-refractivity contribution in [1.82, 2.24) is 15.5 Å². The highest BCUT2D eigenvalue weighted by molar-refractivity contribution is 5.80. The molecule has 1 amide bonds. The fraction of sp³-hybridized carbons (Fsp3) is 0.875. The van der Waals surface area contributed by atoms with Gasteiger partial charge in [-0.15, -0.1) is 0 Å². The third-order valence-electron chi connectivity index (χ3n) is 4.46. The molecule has 1 aliphatic heterocycles. The molecule has 0 radical (unpaired) electrons. The molecule has 1 saturated heterocycles. The van der Waals surface area contributed by atoms with Gasteiger partial charge in [0.15, 0.2) is 5.96 Å². The SMILES string of the molecule is CCNC(=NCC(O)(CC)CC)NC1CCN(C(=O)OC)CC1. The first-order valence-electron chi connectivity index (χ1n) is 8.58. The number of carbonyl (C=O) groups is 1. The molecule has 1 heterocycles. The summed E-state index contributed by atoms with van der Waals surface area (Å²) in [6.45, 7) is 8.47. The van der Waals surface area contributed by atoms with Gasteiger partial charge in [0.1, 0.15) is 0 Å². The van der Waals surface area contributed by atoms with Crippen LogP contribution in [0.1, 0.15) is 46.5 Å². The molecule has 0 aromatic carbocycles. The molecule has 0 saturated carbocycles. The third kappa shape index (κ3) is 6.25. The number of nitrogens with one attached hydrogen (secondary N) is 2. The Morgan fingerprint density at radius 1 is 1.30 bits per heavy atom. The minimum absolute atomic E-state index is 0.264. The van der Waals surface area contributed by atoms with Gasteiger partial charge in [-0.25, -0.2) is 4.79 Å². The van der Waals surface area contributed by atoms with Crippen LogP contribution in [0.3, 0.4) is 0 Å². The van der Waals surface area contributed by atoms with Gasteiger partial charge in [0, 0.05) is 25.7 Å². The van der Waals surface area contributed by atoms with Gasteiger partial charge in [0.05, 0.1) is 19.3 Å². The van der Waals surface area contributed by atoms with Crippen LogP contribution in [0.15, 0.2) is 4.99 Å². The van der Waals surface area contributed by atoms with Crippen molar-refractivity contribution in [2.75, 3.05) is 33.3 Å². The summed E-state index contributed by atoms with van der Waals surface area (Å²) < 4.78 is 4.75. The zero-order chi connectivity index (χ0) is 17.3. The molecule has 7 nitrogen and oxygen atoms in total. The van der Waals surface area contributed by atoms with Crippen LogP contribution in [-0.4, -0.2) is 67.0 Å². The normalized spacial score (nSPS) is 17.1. The van der Waals surface area contributed by atoms with Gasteiger partial charge in [-0.3, -0.25) is 4.99 Å². The van der Waals surface area contributed by atoms with Gasteiger partial charge < -0.3 is 25.4 Å². The average Bonchev–Trinajstić information content (AvgIpc) is 2.59. The monoisotopic (exact) mass is 328 g/mol. The van der Waals surface area contributed by atoms with E-state index in [1.54, 1.807) is 4.90 Å². The van der Waals surface area contributed by atoms with Crippen LogP contribution in [0.2, 0.25) is 0 Å². The molecule has 23 heavy (non-hydrogen) atoms. The predicted octanol–water partition coefficient (Wildman–Crippen LogP) is 1.32. The highest BCUT2D eigenvalue weighted by atomic mass is 16.5. The van der Waals surface area contributed by atoms with E-state index in [0.29, 0.717) is 32.5 Å². The lowest BCUT2D eigenvalue weighted by Crippen LogP contribution is -2.50. The Kier molecular flexibility index (Phi) is 8.16. The van der Waals surface area contributed by atoms with E-state index < -0.39 is 5.60 Å². The Morgan fingerprint density at radius 3 is 2.39 bits per heavy atom. The molecular weight excluding hydrogens is 296 g/mol. The number of guanidine groups is 1. The second-order valence-corrected chi connectivity index (χ2v) is 6.00. The van der Waals surface area contributed by atoms with Crippen molar-refractivity contribution >= 4 is 12.1 Å². The second-order valence-electron chi connectivity index (χ2n) is 6.00. The van der Waals surface area contributed by atoms with E-state index in [4.69, 9.17) is 4.74 Å². The predicted molar refractivity (Wildman–Crippen MR) is 91.6 cm³/mol. The summed E-state index contributed by atoms with van der Waals surface area (Å²) in [6.07, 6.45) is 2.81.